The second-order valence-electron chi connectivity index (χ2n) is 5.80. The molecule has 1 amide bonds. The van der Waals surface area contributed by atoms with Crippen LogP contribution in [0, 0.1) is 17.5 Å². The number of anilines is 1. The van der Waals surface area contributed by atoms with Crippen molar-refractivity contribution in [2.45, 2.75) is 13.0 Å². The van der Waals surface area contributed by atoms with Gasteiger partial charge in [0.1, 0.15) is 28.9 Å². The molecule has 0 aliphatic heterocycles. The number of nitrogens with one attached hydrogen (secondary N) is 1. The molecule has 1 N–H and O–H groups in total. The lowest BCUT2D eigenvalue weighted by molar-refractivity contribution is -0.123. The highest BCUT2D eigenvalue weighted by Crippen LogP contribution is 2.23. The molecule has 5 nitrogen and oxygen atoms in total. The molecule has 0 saturated heterocycles. The minimum absolute atomic E-state index is 0.184. The van der Waals surface area contributed by atoms with Crippen LogP contribution in [0.3, 0.4) is 0 Å². The normalized spacial score (nSPS) is 11.7. The van der Waals surface area contributed by atoms with Crippen LogP contribution in [-0.4, -0.2) is 18.0 Å². The largest absolute Gasteiger partial charge is 0.449 e. The van der Waals surface area contributed by atoms with Crippen molar-refractivity contribution in [2.75, 3.05) is 5.32 Å². The van der Waals surface area contributed by atoms with Crippen molar-refractivity contribution >= 4 is 17.6 Å². The summed E-state index contributed by atoms with van der Waals surface area (Å²) < 4.78 is 50.5. The van der Waals surface area contributed by atoms with Gasteiger partial charge in [-0.2, -0.15) is 0 Å². The van der Waals surface area contributed by atoms with E-state index >= 15 is 0 Å². The zero-order valence-corrected chi connectivity index (χ0v) is 14.5. The van der Waals surface area contributed by atoms with Crippen molar-refractivity contribution in [1.29, 1.82) is 0 Å². The number of carbonyl (C=O) groups excluding carboxylic acids is 2. The summed E-state index contributed by atoms with van der Waals surface area (Å²) in [4.78, 5) is 24.2. The monoisotopic (exact) mass is 389 g/mol. The summed E-state index contributed by atoms with van der Waals surface area (Å²) in [5, 5.41) is 2.04. The second kappa shape index (κ2) is 7.99. The zero-order chi connectivity index (χ0) is 20.3. The van der Waals surface area contributed by atoms with Crippen molar-refractivity contribution in [3.8, 4) is 11.3 Å². The SMILES string of the molecule is C[C@H](OC(=O)c1ccc(-c2ccc(F)cc2)o1)C(=O)Nc1c(F)cccc1F. The van der Waals surface area contributed by atoms with Crippen molar-refractivity contribution in [1.82, 2.24) is 0 Å². The van der Waals surface area contributed by atoms with Gasteiger partial charge in [-0.3, -0.25) is 4.79 Å². The fourth-order valence-electron chi connectivity index (χ4n) is 2.33. The fraction of sp³-hybridized carbons (Fsp3) is 0.100. The molecule has 0 fully saturated rings. The van der Waals surface area contributed by atoms with Crippen molar-refractivity contribution < 1.29 is 31.9 Å². The highest BCUT2D eigenvalue weighted by molar-refractivity contribution is 5.96. The lowest BCUT2D eigenvalue weighted by Crippen LogP contribution is -2.30. The third-order valence-corrected chi connectivity index (χ3v) is 3.80. The first-order chi connectivity index (χ1) is 13.3. The number of hydrogen-bond donors (Lipinski definition) is 1. The molecule has 0 saturated carbocycles. The van der Waals surface area contributed by atoms with Gasteiger partial charge < -0.3 is 14.5 Å². The summed E-state index contributed by atoms with van der Waals surface area (Å²) in [7, 11) is 0. The summed E-state index contributed by atoms with van der Waals surface area (Å²) in [5.74, 6) is -4.06. The smallest absolute Gasteiger partial charge is 0.375 e. The van der Waals surface area contributed by atoms with Gasteiger partial charge in [0.15, 0.2) is 6.10 Å². The number of amides is 1. The van der Waals surface area contributed by atoms with Gasteiger partial charge in [-0.15, -0.1) is 0 Å². The van der Waals surface area contributed by atoms with Gasteiger partial charge >= 0.3 is 5.97 Å². The molecule has 0 aliphatic carbocycles. The molecule has 0 unspecified atom stereocenters. The molecule has 1 atom stereocenters. The maximum atomic E-state index is 13.6. The van der Waals surface area contributed by atoms with E-state index in [1.54, 1.807) is 0 Å². The number of carbonyl (C=O) groups is 2. The maximum absolute atomic E-state index is 13.6. The Hall–Kier alpha value is -3.55. The molecule has 0 aliphatic rings. The molecular weight excluding hydrogens is 375 g/mol. The van der Waals surface area contributed by atoms with Crippen LogP contribution in [0.5, 0.6) is 0 Å². The molecular formula is C20H14F3NO4. The molecule has 28 heavy (non-hydrogen) atoms. The van der Waals surface area contributed by atoms with Gasteiger partial charge in [0, 0.05) is 5.56 Å². The molecule has 8 heteroatoms. The summed E-state index contributed by atoms with van der Waals surface area (Å²) in [5.41, 5.74) is -0.0896. The summed E-state index contributed by atoms with van der Waals surface area (Å²) in [6.07, 6.45) is -1.34. The van der Waals surface area contributed by atoms with Crippen molar-refractivity contribution in [2.24, 2.45) is 0 Å². The quantitative estimate of drug-likeness (QED) is 0.650. The van der Waals surface area contributed by atoms with Crippen molar-refractivity contribution in [3.63, 3.8) is 0 Å². The first-order valence-corrected chi connectivity index (χ1v) is 8.17. The van der Waals surface area contributed by atoms with Crippen LogP contribution in [0.4, 0.5) is 18.9 Å². The number of hydrogen-bond acceptors (Lipinski definition) is 4. The van der Waals surface area contributed by atoms with E-state index in [1.807, 2.05) is 5.32 Å². The number of para-hydroxylation sites is 1. The van der Waals surface area contributed by atoms with E-state index in [2.05, 4.69) is 0 Å². The van der Waals surface area contributed by atoms with Gasteiger partial charge in [0.2, 0.25) is 5.76 Å². The van der Waals surface area contributed by atoms with Gasteiger partial charge in [-0.05, 0) is 55.5 Å². The Morgan fingerprint density at radius 3 is 2.25 bits per heavy atom. The highest BCUT2D eigenvalue weighted by Gasteiger charge is 2.23. The van der Waals surface area contributed by atoms with Crippen LogP contribution in [-0.2, 0) is 9.53 Å². The lowest BCUT2D eigenvalue weighted by atomic mass is 10.2. The molecule has 1 heterocycles. The first-order valence-electron chi connectivity index (χ1n) is 8.17. The molecule has 144 valence electrons. The topological polar surface area (TPSA) is 68.5 Å². The maximum Gasteiger partial charge on any atom is 0.375 e. The highest BCUT2D eigenvalue weighted by atomic mass is 19.1. The summed E-state index contributed by atoms with van der Waals surface area (Å²) >= 11 is 0. The Kier molecular flexibility index (Phi) is 5.49. The molecule has 1 aromatic heterocycles. The Morgan fingerprint density at radius 2 is 1.61 bits per heavy atom. The van der Waals surface area contributed by atoms with E-state index in [9.17, 15) is 22.8 Å². The van der Waals surface area contributed by atoms with Gasteiger partial charge in [-0.1, -0.05) is 6.07 Å². The third kappa shape index (κ3) is 4.22. The Labute approximate surface area is 157 Å². The molecule has 0 radical (unpaired) electrons. The minimum atomic E-state index is -1.34. The number of esters is 1. The predicted octanol–water partition coefficient (Wildman–Crippen LogP) is 4.55. The number of halogens is 3. The predicted molar refractivity (Wildman–Crippen MR) is 94.0 cm³/mol. The Balaban J connectivity index is 1.65. The Bertz CT molecular complexity index is 994. The molecule has 2 aromatic carbocycles. The molecule has 3 aromatic rings. The molecule has 3 rings (SSSR count). The average Bonchev–Trinajstić information content (AvgIpc) is 3.15. The number of ether oxygens (including phenoxy) is 1. The number of furan rings is 1. The van der Waals surface area contributed by atoms with E-state index in [-0.39, 0.29) is 5.76 Å². The van der Waals surface area contributed by atoms with Crippen LogP contribution in [0.1, 0.15) is 17.5 Å². The van der Waals surface area contributed by atoms with E-state index in [4.69, 9.17) is 9.15 Å². The van der Waals surface area contributed by atoms with Crippen LogP contribution >= 0.6 is 0 Å². The van der Waals surface area contributed by atoms with E-state index in [0.717, 1.165) is 18.2 Å². The number of rotatable bonds is 5. The van der Waals surface area contributed by atoms with E-state index < -0.39 is 41.1 Å². The fourth-order valence-corrected chi connectivity index (χ4v) is 2.33. The Morgan fingerprint density at radius 1 is 0.964 bits per heavy atom. The standard InChI is InChI=1S/C20H14F3NO4/c1-11(19(25)24-18-14(22)3-2-4-15(18)23)27-20(26)17-10-9-16(28-17)12-5-7-13(21)8-6-12/h2-11H,1H3,(H,24,25)/t11-/m0/s1. The number of benzene rings is 2. The second-order valence-corrected chi connectivity index (χ2v) is 5.80. The van der Waals surface area contributed by atoms with Gasteiger partial charge in [0.05, 0.1) is 0 Å². The lowest BCUT2D eigenvalue weighted by Gasteiger charge is -2.13. The van der Waals surface area contributed by atoms with E-state index in [1.165, 1.54) is 43.3 Å². The van der Waals surface area contributed by atoms with Gasteiger partial charge in [0.25, 0.3) is 5.91 Å². The van der Waals surface area contributed by atoms with Crippen LogP contribution < -0.4 is 5.32 Å². The van der Waals surface area contributed by atoms with Crippen LogP contribution in [0.15, 0.2) is 59.0 Å². The third-order valence-electron chi connectivity index (χ3n) is 3.80. The van der Waals surface area contributed by atoms with Gasteiger partial charge in [-0.25, -0.2) is 18.0 Å². The zero-order valence-electron chi connectivity index (χ0n) is 14.5. The van der Waals surface area contributed by atoms with E-state index in [0.29, 0.717) is 11.3 Å². The summed E-state index contributed by atoms with van der Waals surface area (Å²) in [6, 6.07) is 11.4. The minimum Gasteiger partial charge on any atom is -0.449 e. The molecule has 0 spiro atoms. The summed E-state index contributed by atoms with van der Waals surface area (Å²) in [6.45, 7) is 1.25. The van der Waals surface area contributed by atoms with Crippen LogP contribution in [0.25, 0.3) is 11.3 Å². The van der Waals surface area contributed by atoms with Crippen molar-refractivity contribution in [3.05, 3.63) is 77.8 Å². The van der Waals surface area contributed by atoms with Crippen LogP contribution in [0.2, 0.25) is 0 Å². The molecule has 0 bridgehead atoms. The average molecular weight is 389 g/mol. The first kappa shape index (κ1) is 19.2.